The molecule has 1 heterocycles. The van der Waals surface area contributed by atoms with Gasteiger partial charge < -0.3 is 9.88 Å². The highest BCUT2D eigenvalue weighted by Crippen LogP contribution is 2.25. The smallest absolute Gasteiger partial charge is 0.0948 e. The van der Waals surface area contributed by atoms with Crippen LogP contribution in [-0.4, -0.2) is 9.55 Å². The van der Waals surface area contributed by atoms with Crippen molar-refractivity contribution in [1.82, 2.24) is 14.9 Å². The van der Waals surface area contributed by atoms with Gasteiger partial charge in [-0.1, -0.05) is 29.3 Å². The van der Waals surface area contributed by atoms with Gasteiger partial charge in [0.2, 0.25) is 0 Å². The van der Waals surface area contributed by atoms with E-state index in [1.807, 2.05) is 30.7 Å². The van der Waals surface area contributed by atoms with Crippen LogP contribution in [0.3, 0.4) is 0 Å². The number of nitrogens with zero attached hydrogens (tertiary/aromatic N) is 2. The Labute approximate surface area is 123 Å². The molecule has 1 N–H and O–H groups in total. The molecule has 0 aliphatic rings. The summed E-state index contributed by atoms with van der Waals surface area (Å²) in [4.78, 5) is 4.15. The van der Waals surface area contributed by atoms with Gasteiger partial charge in [0.1, 0.15) is 0 Å². The first-order valence-electron chi connectivity index (χ1n) is 6.29. The van der Waals surface area contributed by atoms with Gasteiger partial charge in [0.15, 0.2) is 0 Å². The largest absolute Gasteiger partial charge is 0.334 e. The molecule has 0 aliphatic heterocycles. The van der Waals surface area contributed by atoms with Crippen molar-refractivity contribution in [2.24, 2.45) is 0 Å². The van der Waals surface area contributed by atoms with E-state index in [9.17, 15) is 0 Å². The molecule has 0 saturated carbocycles. The second-order valence-electron chi connectivity index (χ2n) is 4.45. The summed E-state index contributed by atoms with van der Waals surface area (Å²) < 4.78 is 2.12. The monoisotopic (exact) mass is 297 g/mol. The van der Waals surface area contributed by atoms with Crippen LogP contribution in [0.4, 0.5) is 0 Å². The van der Waals surface area contributed by atoms with Gasteiger partial charge in [-0.05, 0) is 31.5 Å². The van der Waals surface area contributed by atoms with Crippen molar-refractivity contribution in [2.45, 2.75) is 33.0 Å². The maximum absolute atomic E-state index is 6.03. The molecule has 0 spiro atoms. The third kappa shape index (κ3) is 3.50. The maximum atomic E-state index is 6.03. The first-order chi connectivity index (χ1) is 9.11. The van der Waals surface area contributed by atoms with Gasteiger partial charge in [0.25, 0.3) is 0 Å². The fourth-order valence-electron chi connectivity index (χ4n) is 1.94. The number of rotatable bonds is 5. The fourth-order valence-corrected chi connectivity index (χ4v) is 2.24. The third-order valence-corrected chi connectivity index (χ3v) is 3.91. The van der Waals surface area contributed by atoms with Gasteiger partial charge in [-0.2, -0.15) is 0 Å². The topological polar surface area (TPSA) is 29.9 Å². The molecule has 1 aromatic heterocycles. The van der Waals surface area contributed by atoms with Crippen LogP contribution in [0, 0.1) is 0 Å². The van der Waals surface area contributed by atoms with Crippen molar-refractivity contribution < 1.29 is 0 Å². The third-order valence-electron chi connectivity index (χ3n) is 3.17. The molecule has 2 rings (SSSR count). The fraction of sp³-hybridized carbons (Fsp3) is 0.357. The van der Waals surface area contributed by atoms with Crippen molar-refractivity contribution in [3.05, 3.63) is 52.0 Å². The second kappa shape index (κ2) is 6.42. The van der Waals surface area contributed by atoms with Crippen molar-refractivity contribution >= 4 is 23.2 Å². The van der Waals surface area contributed by atoms with Gasteiger partial charge >= 0.3 is 0 Å². The lowest BCUT2D eigenvalue weighted by Gasteiger charge is -2.15. The predicted octanol–water partition coefficient (Wildman–Crippen LogP) is 4.06. The molecular weight excluding hydrogens is 281 g/mol. The van der Waals surface area contributed by atoms with Crippen LogP contribution in [0.15, 0.2) is 30.7 Å². The van der Waals surface area contributed by atoms with E-state index in [0.29, 0.717) is 10.0 Å². The van der Waals surface area contributed by atoms with E-state index in [0.717, 1.165) is 18.7 Å². The summed E-state index contributed by atoms with van der Waals surface area (Å²) in [6, 6.07) is 5.92. The molecule has 0 radical (unpaired) electrons. The lowest BCUT2D eigenvalue weighted by atomic mass is 10.1. The van der Waals surface area contributed by atoms with E-state index < -0.39 is 0 Å². The lowest BCUT2D eigenvalue weighted by Crippen LogP contribution is -2.19. The highest BCUT2D eigenvalue weighted by molar-refractivity contribution is 6.42. The minimum atomic E-state index is 0.204. The summed E-state index contributed by atoms with van der Waals surface area (Å²) in [6.45, 7) is 5.91. The Morgan fingerprint density at radius 2 is 2.11 bits per heavy atom. The van der Waals surface area contributed by atoms with Crippen molar-refractivity contribution in [3.63, 3.8) is 0 Å². The van der Waals surface area contributed by atoms with Crippen molar-refractivity contribution in [1.29, 1.82) is 0 Å². The van der Waals surface area contributed by atoms with E-state index in [1.165, 1.54) is 5.69 Å². The van der Waals surface area contributed by atoms with Crippen LogP contribution in [0.2, 0.25) is 10.0 Å². The van der Waals surface area contributed by atoms with Crippen LogP contribution in [0.1, 0.15) is 31.1 Å². The van der Waals surface area contributed by atoms with E-state index in [1.54, 1.807) is 0 Å². The number of aromatic nitrogens is 2. The van der Waals surface area contributed by atoms with Crippen LogP contribution in [-0.2, 0) is 13.1 Å². The average molecular weight is 298 g/mol. The minimum absolute atomic E-state index is 0.204. The highest BCUT2D eigenvalue weighted by Gasteiger charge is 2.08. The molecular formula is C14H17Cl2N3. The Balaban J connectivity index is 2.01. The van der Waals surface area contributed by atoms with Crippen LogP contribution >= 0.6 is 23.2 Å². The van der Waals surface area contributed by atoms with Crippen LogP contribution < -0.4 is 5.32 Å². The zero-order chi connectivity index (χ0) is 13.8. The quantitative estimate of drug-likeness (QED) is 0.902. The van der Waals surface area contributed by atoms with Crippen molar-refractivity contribution in [2.75, 3.05) is 0 Å². The minimum Gasteiger partial charge on any atom is -0.334 e. The van der Waals surface area contributed by atoms with E-state index >= 15 is 0 Å². The molecule has 1 aromatic carbocycles. The number of imidazole rings is 1. The average Bonchev–Trinajstić information content (AvgIpc) is 2.86. The number of hydrogen-bond acceptors (Lipinski definition) is 2. The summed E-state index contributed by atoms with van der Waals surface area (Å²) in [5.74, 6) is 0. The van der Waals surface area contributed by atoms with Gasteiger partial charge in [-0.3, -0.25) is 0 Å². The first kappa shape index (κ1) is 14.4. The molecule has 1 unspecified atom stereocenters. The Hall–Kier alpha value is -1.03. The van der Waals surface area contributed by atoms with Crippen LogP contribution in [0.5, 0.6) is 0 Å². The Kier molecular flexibility index (Phi) is 4.86. The first-order valence-corrected chi connectivity index (χ1v) is 7.04. The summed E-state index contributed by atoms with van der Waals surface area (Å²) in [7, 11) is 0. The summed E-state index contributed by atoms with van der Waals surface area (Å²) in [5, 5.41) is 4.63. The number of benzene rings is 1. The number of hydrogen-bond donors (Lipinski definition) is 1. The molecule has 0 fully saturated rings. The van der Waals surface area contributed by atoms with Gasteiger partial charge in [0.05, 0.1) is 22.1 Å². The molecule has 3 nitrogen and oxygen atoms in total. The van der Waals surface area contributed by atoms with Gasteiger partial charge in [-0.15, -0.1) is 0 Å². The summed E-state index contributed by atoms with van der Waals surface area (Å²) in [5.41, 5.74) is 2.30. The van der Waals surface area contributed by atoms with E-state index in [-0.39, 0.29) is 6.04 Å². The SMILES string of the molecule is CCn1cncc1CNC(C)c1ccc(Cl)c(Cl)c1. The van der Waals surface area contributed by atoms with Gasteiger partial charge in [-0.25, -0.2) is 4.98 Å². The Morgan fingerprint density at radius 1 is 1.32 bits per heavy atom. The number of nitrogens with one attached hydrogen (secondary N) is 1. The number of halogens is 2. The maximum Gasteiger partial charge on any atom is 0.0948 e. The summed E-state index contributed by atoms with van der Waals surface area (Å²) >= 11 is 12.0. The lowest BCUT2D eigenvalue weighted by molar-refractivity contribution is 0.549. The summed E-state index contributed by atoms with van der Waals surface area (Å²) in [6.07, 6.45) is 3.74. The predicted molar refractivity (Wildman–Crippen MR) is 79.6 cm³/mol. The Bertz CT molecular complexity index is 551. The normalized spacial score (nSPS) is 12.6. The molecule has 2 aromatic rings. The molecule has 0 amide bonds. The van der Waals surface area contributed by atoms with E-state index in [2.05, 4.69) is 28.7 Å². The molecule has 19 heavy (non-hydrogen) atoms. The molecule has 0 saturated heterocycles. The zero-order valence-electron chi connectivity index (χ0n) is 11.0. The molecule has 1 atom stereocenters. The molecule has 0 aliphatic carbocycles. The van der Waals surface area contributed by atoms with Gasteiger partial charge in [0, 0.05) is 25.3 Å². The van der Waals surface area contributed by atoms with Crippen LogP contribution in [0.25, 0.3) is 0 Å². The zero-order valence-corrected chi connectivity index (χ0v) is 12.5. The highest BCUT2D eigenvalue weighted by atomic mass is 35.5. The van der Waals surface area contributed by atoms with Crippen molar-refractivity contribution in [3.8, 4) is 0 Å². The van der Waals surface area contributed by atoms with E-state index in [4.69, 9.17) is 23.2 Å². The second-order valence-corrected chi connectivity index (χ2v) is 5.26. The number of aryl methyl sites for hydroxylation is 1. The molecule has 5 heteroatoms. The Morgan fingerprint density at radius 3 is 2.79 bits per heavy atom. The molecule has 102 valence electrons. The standard InChI is InChI=1S/C14H17Cl2N3/c1-3-19-9-17-7-12(19)8-18-10(2)11-4-5-13(15)14(16)6-11/h4-7,9-10,18H,3,8H2,1-2H3. The molecule has 0 bridgehead atoms.